The Bertz CT molecular complexity index is 264. The number of carbonyl (C=O) groups is 2. The molecule has 0 N–H and O–H groups in total. The highest BCUT2D eigenvalue weighted by molar-refractivity contribution is 6.74. The van der Waals surface area contributed by atoms with Gasteiger partial charge in [-0.15, -0.1) is 0 Å². The van der Waals surface area contributed by atoms with Gasteiger partial charge in [0, 0.05) is 6.42 Å². The van der Waals surface area contributed by atoms with Crippen LogP contribution in [0.25, 0.3) is 0 Å². The zero-order valence-electron chi connectivity index (χ0n) is 11.3. The summed E-state index contributed by atoms with van der Waals surface area (Å²) < 4.78 is 5.74. The second-order valence-electron chi connectivity index (χ2n) is 5.66. The van der Waals surface area contributed by atoms with Gasteiger partial charge in [-0.3, -0.25) is 9.59 Å². The van der Waals surface area contributed by atoms with E-state index in [1.807, 2.05) is 0 Å². The zero-order valence-corrected chi connectivity index (χ0v) is 12.3. The molecule has 0 radical (unpaired) electrons. The molecule has 0 aromatic heterocycles. The highest BCUT2D eigenvalue weighted by Crippen LogP contribution is 2.36. The van der Waals surface area contributed by atoms with Crippen LogP contribution in [0.2, 0.25) is 18.1 Å². The maximum absolute atomic E-state index is 11.5. The summed E-state index contributed by atoms with van der Waals surface area (Å²) in [5.41, 5.74) is 0. The van der Waals surface area contributed by atoms with E-state index in [0.29, 0.717) is 6.42 Å². The summed E-state index contributed by atoms with van der Waals surface area (Å²) in [6, 6.07) is 0. The van der Waals surface area contributed by atoms with Crippen LogP contribution < -0.4 is 0 Å². The summed E-state index contributed by atoms with van der Waals surface area (Å²) in [7, 11) is -1.86. The summed E-state index contributed by atoms with van der Waals surface area (Å²) in [5, 5.41) is 0.0993. The van der Waals surface area contributed by atoms with E-state index in [2.05, 4.69) is 33.9 Å². The molecule has 0 fully saturated rings. The van der Waals surface area contributed by atoms with Crippen LogP contribution in [-0.2, 0) is 14.0 Å². The first-order chi connectivity index (χ1) is 7.10. The number of rotatable bonds is 6. The third-order valence-electron chi connectivity index (χ3n) is 3.19. The fourth-order valence-corrected chi connectivity index (χ4v) is 1.83. The average molecular weight is 244 g/mol. The molecule has 0 aromatic carbocycles. The van der Waals surface area contributed by atoms with Gasteiger partial charge < -0.3 is 4.43 Å². The third-order valence-corrected chi connectivity index (χ3v) is 7.67. The molecule has 0 bridgehead atoms. The quantitative estimate of drug-likeness (QED) is 0.533. The van der Waals surface area contributed by atoms with Crippen LogP contribution in [0.4, 0.5) is 0 Å². The maximum atomic E-state index is 11.5. The molecule has 0 saturated heterocycles. The predicted molar refractivity (Wildman–Crippen MR) is 68.1 cm³/mol. The Morgan fingerprint density at radius 2 is 1.62 bits per heavy atom. The van der Waals surface area contributed by atoms with Gasteiger partial charge in [-0.2, -0.15) is 0 Å². The van der Waals surface area contributed by atoms with Crippen LogP contribution in [-0.4, -0.2) is 26.5 Å². The molecule has 0 spiro atoms. The first-order valence-corrected chi connectivity index (χ1v) is 8.68. The second-order valence-corrected chi connectivity index (χ2v) is 10.5. The van der Waals surface area contributed by atoms with Crippen molar-refractivity contribution in [1.29, 1.82) is 0 Å². The molecule has 0 aliphatic heterocycles. The number of ketones is 2. The van der Waals surface area contributed by atoms with Crippen LogP contribution in [0.1, 0.15) is 40.5 Å². The van der Waals surface area contributed by atoms with Gasteiger partial charge in [0.15, 0.2) is 14.1 Å². The van der Waals surface area contributed by atoms with Crippen molar-refractivity contribution in [1.82, 2.24) is 0 Å². The lowest BCUT2D eigenvalue weighted by Crippen LogP contribution is -2.42. The lowest BCUT2D eigenvalue weighted by molar-refractivity contribution is -0.128. The standard InChI is InChI=1S/C12H24O3Si/c1-7-10(13)8-11(14)9-15-16(5,6)12(2,3)4/h7-9H2,1-6H3. The van der Waals surface area contributed by atoms with Crippen LogP contribution in [0, 0.1) is 0 Å². The van der Waals surface area contributed by atoms with Gasteiger partial charge in [-0.25, -0.2) is 0 Å². The molecule has 0 unspecified atom stereocenters. The molecule has 94 valence electrons. The Kier molecular flexibility index (Phi) is 5.56. The predicted octanol–water partition coefficient (Wildman–Crippen LogP) is 2.95. The van der Waals surface area contributed by atoms with Gasteiger partial charge in [-0.1, -0.05) is 27.7 Å². The van der Waals surface area contributed by atoms with E-state index >= 15 is 0 Å². The molecule has 0 rings (SSSR count). The molecular weight excluding hydrogens is 220 g/mol. The first-order valence-electron chi connectivity index (χ1n) is 5.77. The van der Waals surface area contributed by atoms with Crippen LogP contribution in [0.3, 0.4) is 0 Å². The van der Waals surface area contributed by atoms with Gasteiger partial charge in [0.1, 0.15) is 5.78 Å². The number of hydrogen-bond acceptors (Lipinski definition) is 3. The fraction of sp³-hybridized carbons (Fsp3) is 0.833. The van der Waals surface area contributed by atoms with Gasteiger partial charge >= 0.3 is 0 Å². The van der Waals surface area contributed by atoms with Crippen molar-refractivity contribution in [3.8, 4) is 0 Å². The number of hydrogen-bond donors (Lipinski definition) is 0. The van der Waals surface area contributed by atoms with Crippen LogP contribution in [0.5, 0.6) is 0 Å². The summed E-state index contributed by atoms with van der Waals surface area (Å²) in [6.07, 6.45) is 0.441. The lowest BCUT2D eigenvalue weighted by atomic mass is 10.2. The van der Waals surface area contributed by atoms with Crippen molar-refractivity contribution in [2.24, 2.45) is 0 Å². The molecular formula is C12H24O3Si. The minimum absolute atomic E-state index is 0.0103. The molecule has 4 heteroatoms. The van der Waals surface area contributed by atoms with Gasteiger partial charge in [0.05, 0.1) is 13.0 Å². The summed E-state index contributed by atoms with van der Waals surface area (Å²) in [5.74, 6) is -0.111. The van der Waals surface area contributed by atoms with Crippen LogP contribution in [0.15, 0.2) is 0 Å². The molecule has 0 aromatic rings. The average Bonchev–Trinajstić information content (AvgIpc) is 2.13. The van der Waals surface area contributed by atoms with E-state index in [1.54, 1.807) is 6.92 Å². The van der Waals surface area contributed by atoms with E-state index in [0.717, 1.165) is 0 Å². The minimum atomic E-state index is -1.86. The zero-order chi connectivity index (χ0) is 13.0. The minimum Gasteiger partial charge on any atom is -0.410 e. The highest BCUT2D eigenvalue weighted by atomic mass is 28.4. The largest absolute Gasteiger partial charge is 0.410 e. The molecule has 0 aliphatic carbocycles. The molecule has 0 heterocycles. The molecule has 0 amide bonds. The lowest BCUT2D eigenvalue weighted by Gasteiger charge is -2.35. The molecule has 3 nitrogen and oxygen atoms in total. The van der Waals surface area contributed by atoms with E-state index in [4.69, 9.17) is 4.43 Å². The van der Waals surface area contributed by atoms with Gasteiger partial charge in [-0.05, 0) is 18.1 Å². The second kappa shape index (κ2) is 5.73. The smallest absolute Gasteiger partial charge is 0.192 e. The van der Waals surface area contributed by atoms with E-state index in [9.17, 15) is 9.59 Å². The van der Waals surface area contributed by atoms with E-state index in [1.165, 1.54) is 0 Å². The monoisotopic (exact) mass is 244 g/mol. The Labute approximate surface area is 99.7 Å². The molecule has 0 aliphatic rings. The SMILES string of the molecule is CCC(=O)CC(=O)CO[Si](C)(C)C(C)(C)C. The Morgan fingerprint density at radius 1 is 1.12 bits per heavy atom. The first kappa shape index (κ1) is 15.5. The molecule has 0 atom stereocenters. The number of Topliss-reactive ketones (excluding diaryl/α,β-unsaturated/α-hetero) is 2. The van der Waals surface area contributed by atoms with E-state index in [-0.39, 0.29) is 29.6 Å². The Morgan fingerprint density at radius 3 is 2.00 bits per heavy atom. The van der Waals surface area contributed by atoms with Crippen molar-refractivity contribution in [2.45, 2.75) is 58.7 Å². The topological polar surface area (TPSA) is 43.4 Å². The van der Waals surface area contributed by atoms with Crippen molar-refractivity contribution in [2.75, 3.05) is 6.61 Å². The van der Waals surface area contributed by atoms with E-state index < -0.39 is 8.32 Å². The molecule has 16 heavy (non-hydrogen) atoms. The summed E-state index contributed by atoms with van der Waals surface area (Å²) >= 11 is 0. The maximum Gasteiger partial charge on any atom is 0.192 e. The normalized spacial score (nSPS) is 12.6. The van der Waals surface area contributed by atoms with Crippen molar-refractivity contribution in [3.63, 3.8) is 0 Å². The van der Waals surface area contributed by atoms with Crippen molar-refractivity contribution >= 4 is 19.9 Å². The Hall–Kier alpha value is -0.483. The third kappa shape index (κ3) is 5.03. The number of carbonyl (C=O) groups excluding carboxylic acids is 2. The van der Waals surface area contributed by atoms with Gasteiger partial charge in [0.2, 0.25) is 0 Å². The van der Waals surface area contributed by atoms with Crippen molar-refractivity contribution < 1.29 is 14.0 Å². The summed E-state index contributed by atoms with van der Waals surface area (Å²) in [4.78, 5) is 22.5. The summed E-state index contributed by atoms with van der Waals surface area (Å²) in [6.45, 7) is 12.4. The van der Waals surface area contributed by atoms with Crippen LogP contribution >= 0.6 is 0 Å². The molecule has 0 saturated carbocycles. The fourth-order valence-electron chi connectivity index (χ4n) is 0.873. The highest BCUT2D eigenvalue weighted by Gasteiger charge is 2.37. The Balaban J connectivity index is 4.16. The van der Waals surface area contributed by atoms with Gasteiger partial charge in [0.25, 0.3) is 0 Å². The van der Waals surface area contributed by atoms with Crippen molar-refractivity contribution in [3.05, 3.63) is 0 Å².